The Kier molecular flexibility index (Phi) is 5.62. The Balaban J connectivity index is 1.82. The third kappa shape index (κ3) is 3.97. The Hall–Kier alpha value is -1.55. The predicted molar refractivity (Wildman–Crippen MR) is 84.6 cm³/mol. The standard InChI is InChI=1S/C17H26N2O2/c1-4-19(5-2)17(20)8-10-18-13(3)14-6-7-16-15(12-14)9-11-21-16/h6-7,12-13,18H,4-5,8-11H2,1-3H3. The maximum atomic E-state index is 11.9. The fourth-order valence-corrected chi connectivity index (χ4v) is 2.72. The lowest BCUT2D eigenvalue weighted by molar-refractivity contribution is -0.130. The summed E-state index contributed by atoms with van der Waals surface area (Å²) in [6, 6.07) is 6.62. The Bertz CT molecular complexity index is 484. The number of ether oxygens (including phenoxy) is 1. The molecule has 4 heteroatoms. The topological polar surface area (TPSA) is 41.6 Å². The van der Waals surface area contributed by atoms with E-state index in [-0.39, 0.29) is 11.9 Å². The monoisotopic (exact) mass is 290 g/mol. The van der Waals surface area contributed by atoms with Gasteiger partial charge in [-0.15, -0.1) is 0 Å². The van der Waals surface area contributed by atoms with Gasteiger partial charge in [0.1, 0.15) is 5.75 Å². The first-order valence-corrected chi connectivity index (χ1v) is 7.92. The van der Waals surface area contributed by atoms with Crippen molar-refractivity contribution < 1.29 is 9.53 Å². The van der Waals surface area contributed by atoms with Crippen LogP contribution in [0.15, 0.2) is 18.2 Å². The number of hydrogen-bond acceptors (Lipinski definition) is 3. The van der Waals surface area contributed by atoms with E-state index in [1.54, 1.807) is 0 Å². The number of nitrogens with one attached hydrogen (secondary N) is 1. The maximum Gasteiger partial charge on any atom is 0.223 e. The average molecular weight is 290 g/mol. The Morgan fingerprint density at radius 2 is 2.14 bits per heavy atom. The molecular weight excluding hydrogens is 264 g/mol. The lowest BCUT2D eigenvalue weighted by atomic mass is 10.0. The summed E-state index contributed by atoms with van der Waals surface area (Å²) in [7, 11) is 0. The molecule has 1 aromatic rings. The van der Waals surface area contributed by atoms with Gasteiger partial charge >= 0.3 is 0 Å². The summed E-state index contributed by atoms with van der Waals surface area (Å²) in [6.45, 7) is 9.25. The second-order valence-corrected chi connectivity index (χ2v) is 5.46. The molecule has 0 saturated heterocycles. The average Bonchev–Trinajstić information content (AvgIpc) is 2.95. The minimum absolute atomic E-state index is 0.224. The largest absolute Gasteiger partial charge is 0.493 e. The zero-order chi connectivity index (χ0) is 15.2. The number of rotatable bonds is 7. The van der Waals surface area contributed by atoms with Crippen molar-refractivity contribution in [3.05, 3.63) is 29.3 Å². The van der Waals surface area contributed by atoms with Crippen molar-refractivity contribution in [1.29, 1.82) is 0 Å². The molecule has 1 aliphatic heterocycles. The molecule has 1 atom stereocenters. The molecule has 1 N–H and O–H groups in total. The van der Waals surface area contributed by atoms with E-state index in [0.717, 1.165) is 31.9 Å². The van der Waals surface area contributed by atoms with Crippen LogP contribution >= 0.6 is 0 Å². The van der Waals surface area contributed by atoms with Crippen LogP contribution in [-0.4, -0.2) is 37.0 Å². The molecule has 1 aromatic carbocycles. The number of fused-ring (bicyclic) bond motifs is 1. The molecule has 0 spiro atoms. The van der Waals surface area contributed by atoms with E-state index in [0.29, 0.717) is 13.0 Å². The molecule has 0 aliphatic carbocycles. The molecule has 1 heterocycles. The third-order valence-corrected chi connectivity index (χ3v) is 4.12. The highest BCUT2D eigenvalue weighted by Gasteiger charge is 2.15. The molecule has 4 nitrogen and oxygen atoms in total. The van der Waals surface area contributed by atoms with Gasteiger partial charge < -0.3 is 15.0 Å². The van der Waals surface area contributed by atoms with Gasteiger partial charge in [0.2, 0.25) is 5.91 Å². The van der Waals surface area contributed by atoms with Gasteiger partial charge in [-0.05, 0) is 38.0 Å². The second-order valence-electron chi connectivity index (χ2n) is 5.46. The summed E-state index contributed by atoms with van der Waals surface area (Å²) in [5, 5.41) is 3.44. The molecule has 21 heavy (non-hydrogen) atoms. The van der Waals surface area contributed by atoms with Crippen molar-refractivity contribution in [2.45, 2.75) is 39.7 Å². The highest BCUT2D eigenvalue weighted by Crippen LogP contribution is 2.28. The molecule has 1 unspecified atom stereocenters. The fourth-order valence-electron chi connectivity index (χ4n) is 2.72. The zero-order valence-corrected chi connectivity index (χ0v) is 13.3. The highest BCUT2D eigenvalue weighted by molar-refractivity contribution is 5.76. The van der Waals surface area contributed by atoms with Gasteiger partial charge in [-0.1, -0.05) is 12.1 Å². The first kappa shape index (κ1) is 15.8. The summed E-state index contributed by atoms with van der Waals surface area (Å²) >= 11 is 0. The quantitative estimate of drug-likeness (QED) is 0.839. The Morgan fingerprint density at radius 1 is 1.38 bits per heavy atom. The van der Waals surface area contributed by atoms with Crippen LogP contribution in [0.3, 0.4) is 0 Å². The van der Waals surface area contributed by atoms with Gasteiger partial charge in [0.05, 0.1) is 6.61 Å². The lowest BCUT2D eigenvalue weighted by Gasteiger charge is -2.20. The van der Waals surface area contributed by atoms with Gasteiger partial charge in [-0.2, -0.15) is 0 Å². The van der Waals surface area contributed by atoms with Crippen molar-refractivity contribution in [1.82, 2.24) is 10.2 Å². The third-order valence-electron chi connectivity index (χ3n) is 4.12. The summed E-state index contributed by atoms with van der Waals surface area (Å²) in [6.07, 6.45) is 1.55. The van der Waals surface area contributed by atoms with E-state index in [9.17, 15) is 4.79 Å². The number of hydrogen-bond donors (Lipinski definition) is 1. The minimum Gasteiger partial charge on any atom is -0.493 e. The van der Waals surface area contributed by atoms with E-state index in [4.69, 9.17) is 4.74 Å². The van der Waals surface area contributed by atoms with Crippen LogP contribution in [0.5, 0.6) is 5.75 Å². The highest BCUT2D eigenvalue weighted by atomic mass is 16.5. The first-order valence-electron chi connectivity index (χ1n) is 7.92. The Labute approximate surface area is 127 Å². The van der Waals surface area contributed by atoms with Crippen molar-refractivity contribution >= 4 is 5.91 Å². The SMILES string of the molecule is CCN(CC)C(=O)CCNC(C)c1ccc2c(c1)CCO2. The van der Waals surface area contributed by atoms with E-state index in [1.807, 2.05) is 18.7 Å². The molecule has 1 aliphatic rings. The number of carbonyl (C=O) groups excluding carboxylic acids is 1. The van der Waals surface area contributed by atoms with Crippen molar-refractivity contribution in [2.75, 3.05) is 26.2 Å². The van der Waals surface area contributed by atoms with Gasteiger partial charge in [-0.25, -0.2) is 0 Å². The first-order chi connectivity index (χ1) is 10.2. The smallest absolute Gasteiger partial charge is 0.223 e. The maximum absolute atomic E-state index is 11.9. The van der Waals surface area contributed by atoms with Gasteiger partial charge in [0.15, 0.2) is 0 Å². The summed E-state index contributed by atoms with van der Waals surface area (Å²) < 4.78 is 5.53. The van der Waals surface area contributed by atoms with Gasteiger partial charge in [0, 0.05) is 38.5 Å². The molecule has 0 bridgehead atoms. The molecule has 0 radical (unpaired) electrons. The van der Waals surface area contributed by atoms with Crippen molar-refractivity contribution in [2.24, 2.45) is 0 Å². The molecule has 2 rings (SSSR count). The van der Waals surface area contributed by atoms with E-state index < -0.39 is 0 Å². The number of carbonyl (C=O) groups is 1. The van der Waals surface area contributed by atoms with Crippen molar-refractivity contribution in [3.63, 3.8) is 0 Å². The summed E-state index contributed by atoms with van der Waals surface area (Å²) in [5.74, 6) is 1.24. The summed E-state index contributed by atoms with van der Waals surface area (Å²) in [5.41, 5.74) is 2.55. The van der Waals surface area contributed by atoms with Crippen LogP contribution in [0.2, 0.25) is 0 Å². The van der Waals surface area contributed by atoms with Gasteiger partial charge in [-0.3, -0.25) is 4.79 Å². The molecule has 0 saturated carbocycles. The normalized spacial score (nSPS) is 14.4. The Morgan fingerprint density at radius 3 is 2.86 bits per heavy atom. The van der Waals surface area contributed by atoms with Crippen LogP contribution in [0.25, 0.3) is 0 Å². The van der Waals surface area contributed by atoms with Crippen LogP contribution in [-0.2, 0) is 11.2 Å². The van der Waals surface area contributed by atoms with Crippen LogP contribution in [0.4, 0.5) is 0 Å². The lowest BCUT2D eigenvalue weighted by Crippen LogP contribution is -2.33. The second kappa shape index (κ2) is 7.46. The summed E-state index contributed by atoms with van der Waals surface area (Å²) in [4.78, 5) is 13.8. The molecule has 0 fully saturated rings. The van der Waals surface area contributed by atoms with Crippen LogP contribution in [0, 0.1) is 0 Å². The van der Waals surface area contributed by atoms with Gasteiger partial charge in [0.25, 0.3) is 0 Å². The van der Waals surface area contributed by atoms with E-state index in [1.165, 1.54) is 11.1 Å². The number of nitrogens with zero attached hydrogens (tertiary/aromatic N) is 1. The van der Waals surface area contributed by atoms with E-state index in [2.05, 4.69) is 30.4 Å². The predicted octanol–water partition coefficient (Wildman–Crippen LogP) is 2.53. The molecule has 1 amide bonds. The minimum atomic E-state index is 0.224. The fraction of sp³-hybridized carbons (Fsp3) is 0.588. The van der Waals surface area contributed by atoms with Crippen LogP contribution in [0.1, 0.15) is 44.4 Å². The van der Waals surface area contributed by atoms with E-state index >= 15 is 0 Å². The molecule has 0 aromatic heterocycles. The molecular formula is C17H26N2O2. The number of benzene rings is 1. The molecule has 116 valence electrons. The van der Waals surface area contributed by atoms with Crippen LogP contribution < -0.4 is 10.1 Å². The van der Waals surface area contributed by atoms with Crippen molar-refractivity contribution in [3.8, 4) is 5.75 Å². The number of amides is 1. The zero-order valence-electron chi connectivity index (χ0n) is 13.3.